The van der Waals surface area contributed by atoms with Gasteiger partial charge in [-0.25, -0.2) is 28.6 Å². The van der Waals surface area contributed by atoms with Crippen LogP contribution in [0.4, 0.5) is 20.2 Å². The maximum atomic E-state index is 14.7. The number of nitrogens with zero attached hydrogens (tertiary/aromatic N) is 4. The number of carbonyl (C=O) groups is 4. The number of methoxy groups -OCH3 is 4. The molecule has 14 heteroatoms. The predicted octanol–water partition coefficient (Wildman–Crippen LogP) is 4.44. The van der Waals surface area contributed by atoms with Crippen LogP contribution in [0, 0.1) is 23.5 Å². The fourth-order valence-corrected chi connectivity index (χ4v) is 8.33. The van der Waals surface area contributed by atoms with Crippen molar-refractivity contribution in [1.82, 2.24) is 10.0 Å². The molecule has 0 bridgehead atoms. The molecule has 4 aromatic rings. The summed E-state index contributed by atoms with van der Waals surface area (Å²) in [5.41, 5.74) is 0.879. The summed E-state index contributed by atoms with van der Waals surface area (Å²) in [5.74, 6) is -4.83. The number of hydrazine groups is 1. The van der Waals surface area contributed by atoms with Crippen molar-refractivity contribution >= 4 is 35.0 Å². The van der Waals surface area contributed by atoms with E-state index in [1.54, 1.807) is 46.4 Å². The van der Waals surface area contributed by atoms with Gasteiger partial charge in [-0.05, 0) is 72.8 Å². The van der Waals surface area contributed by atoms with Gasteiger partial charge in [0, 0.05) is 11.1 Å². The summed E-state index contributed by atoms with van der Waals surface area (Å²) < 4.78 is 51.8. The maximum Gasteiger partial charge on any atom is 0.253 e. The lowest BCUT2D eigenvalue weighted by molar-refractivity contribution is -0.136. The summed E-state index contributed by atoms with van der Waals surface area (Å²) in [7, 11) is 5.84. The third-order valence-electron chi connectivity index (χ3n) is 10.4. The quantitative estimate of drug-likeness (QED) is 0.243. The minimum atomic E-state index is -1.27. The van der Waals surface area contributed by atoms with Crippen LogP contribution in [0.15, 0.2) is 84.9 Å². The molecule has 4 amide bonds. The molecule has 4 aliphatic heterocycles. The molecule has 0 aromatic heterocycles. The second kappa shape index (κ2) is 12.4. The zero-order valence-corrected chi connectivity index (χ0v) is 28.4. The number of rotatable bonds is 8. The molecule has 12 nitrogen and oxygen atoms in total. The molecule has 0 saturated carbocycles. The summed E-state index contributed by atoms with van der Waals surface area (Å²) in [6.07, 6.45) is 0. The molecule has 0 radical (unpaired) electrons. The number of hydrogen-bond donors (Lipinski definition) is 0. The number of imide groups is 2. The van der Waals surface area contributed by atoms with E-state index in [4.69, 9.17) is 18.9 Å². The van der Waals surface area contributed by atoms with Gasteiger partial charge in [-0.1, -0.05) is 12.1 Å². The predicted molar refractivity (Wildman–Crippen MR) is 181 cm³/mol. The third kappa shape index (κ3) is 4.70. The highest BCUT2D eigenvalue weighted by Crippen LogP contribution is 2.61. The van der Waals surface area contributed by atoms with E-state index in [-0.39, 0.29) is 11.4 Å². The topological polar surface area (TPSA) is 118 Å². The molecule has 0 N–H and O–H groups in total. The molecular formula is C38H32F2N4O8. The van der Waals surface area contributed by atoms with Crippen LogP contribution in [0.5, 0.6) is 23.0 Å². The van der Waals surface area contributed by atoms with Crippen LogP contribution < -0.4 is 28.7 Å². The average Bonchev–Trinajstić information content (AvgIpc) is 3.82. The van der Waals surface area contributed by atoms with Crippen LogP contribution in [-0.2, 0) is 19.2 Å². The van der Waals surface area contributed by atoms with E-state index in [2.05, 4.69) is 0 Å². The lowest BCUT2D eigenvalue weighted by Crippen LogP contribution is -2.50. The van der Waals surface area contributed by atoms with E-state index in [0.717, 1.165) is 21.9 Å². The summed E-state index contributed by atoms with van der Waals surface area (Å²) in [6, 6.07) is 15.6. The van der Waals surface area contributed by atoms with Gasteiger partial charge in [0.2, 0.25) is 11.8 Å². The van der Waals surface area contributed by atoms with Gasteiger partial charge < -0.3 is 18.9 Å². The number of fused-ring (bicyclic) bond motifs is 5. The zero-order valence-electron chi connectivity index (χ0n) is 28.4. The van der Waals surface area contributed by atoms with Crippen molar-refractivity contribution in [3.8, 4) is 23.0 Å². The largest absolute Gasteiger partial charge is 0.497 e. The second-order valence-corrected chi connectivity index (χ2v) is 12.8. The van der Waals surface area contributed by atoms with Crippen molar-refractivity contribution in [2.45, 2.75) is 24.2 Å². The number of anilines is 2. The Balaban J connectivity index is 1.40. The molecule has 52 heavy (non-hydrogen) atoms. The number of amides is 4. The van der Waals surface area contributed by atoms with Gasteiger partial charge in [0.05, 0.1) is 63.7 Å². The maximum absolute atomic E-state index is 14.7. The highest BCUT2D eigenvalue weighted by Gasteiger charge is 2.74. The molecule has 4 fully saturated rings. The van der Waals surface area contributed by atoms with Crippen LogP contribution in [-0.4, -0.2) is 74.2 Å². The van der Waals surface area contributed by atoms with Gasteiger partial charge in [0.15, 0.2) is 0 Å². The van der Waals surface area contributed by atoms with Gasteiger partial charge in [-0.2, -0.15) is 0 Å². The van der Waals surface area contributed by atoms with Gasteiger partial charge in [0.1, 0.15) is 46.7 Å². The first-order valence-electron chi connectivity index (χ1n) is 16.4. The van der Waals surface area contributed by atoms with Crippen LogP contribution in [0.2, 0.25) is 0 Å². The SMILES string of the molecule is COc1ccc(OC)c([C@@H]2[C@@H]3C(=O)N(c4cccc(F)c4)C(=O)[C@@H]3N3[C@H](c4cc(OC)ccc4OC)[C@H]4C(=O)N(c5cccc(F)c5)C(=O)[C@@H]4N23)c1. The monoisotopic (exact) mass is 710 g/mol. The summed E-state index contributed by atoms with van der Waals surface area (Å²) in [6.45, 7) is 0. The van der Waals surface area contributed by atoms with Gasteiger partial charge in [-0.3, -0.25) is 19.2 Å². The molecule has 4 aliphatic rings. The van der Waals surface area contributed by atoms with E-state index < -0.39 is 71.3 Å². The first-order chi connectivity index (χ1) is 25.1. The van der Waals surface area contributed by atoms with Crippen molar-refractivity contribution < 1.29 is 46.9 Å². The zero-order chi connectivity index (χ0) is 36.6. The Labute approximate surface area is 296 Å². The fourth-order valence-electron chi connectivity index (χ4n) is 8.33. The van der Waals surface area contributed by atoms with Crippen LogP contribution in [0.3, 0.4) is 0 Å². The Bertz CT molecular complexity index is 2010. The second-order valence-electron chi connectivity index (χ2n) is 12.8. The first-order valence-corrected chi connectivity index (χ1v) is 16.4. The number of hydrogen-bond acceptors (Lipinski definition) is 10. The molecule has 0 spiro atoms. The van der Waals surface area contributed by atoms with E-state index in [0.29, 0.717) is 34.1 Å². The standard InChI is InChI=1S/C38H32F2N4O8/c1-49-23-11-13-27(51-3)25(17-23)31-29-33(37(47)41(35(29)45)21-9-5-7-19(39)15-21)44-32(26-18-24(50-2)12-14-28(26)52-4)30-34(43(31)44)38(48)42(36(30)46)22-10-6-8-20(40)16-22/h5-18,29-34H,1-4H3/t29-,30+,31-,32-,33-,34-/m1/s1. The summed E-state index contributed by atoms with van der Waals surface area (Å²) in [4.78, 5) is 60.8. The van der Waals surface area contributed by atoms with Crippen molar-refractivity contribution in [2.24, 2.45) is 11.8 Å². The Morgan fingerprint density at radius 2 is 0.885 bits per heavy atom. The number of halogens is 2. The molecule has 4 aromatic carbocycles. The Morgan fingerprint density at radius 1 is 0.481 bits per heavy atom. The number of carbonyl (C=O) groups excluding carboxylic acids is 4. The molecule has 266 valence electrons. The normalized spacial score (nSPS) is 25.4. The van der Waals surface area contributed by atoms with Crippen LogP contribution in [0.25, 0.3) is 0 Å². The average molecular weight is 711 g/mol. The lowest BCUT2D eigenvalue weighted by atomic mass is 9.83. The first kappa shape index (κ1) is 33.3. The van der Waals surface area contributed by atoms with Gasteiger partial charge >= 0.3 is 0 Å². The smallest absolute Gasteiger partial charge is 0.253 e. The van der Waals surface area contributed by atoms with Crippen molar-refractivity contribution in [1.29, 1.82) is 0 Å². The highest BCUT2D eigenvalue weighted by atomic mass is 19.1. The highest BCUT2D eigenvalue weighted by molar-refractivity contribution is 6.26. The van der Waals surface area contributed by atoms with Gasteiger partial charge in [0.25, 0.3) is 11.8 Å². The van der Waals surface area contributed by atoms with Crippen LogP contribution >= 0.6 is 0 Å². The number of ether oxygens (including phenoxy) is 4. The van der Waals surface area contributed by atoms with E-state index in [1.807, 2.05) is 0 Å². The lowest BCUT2D eigenvalue weighted by Gasteiger charge is -2.36. The van der Waals surface area contributed by atoms with Crippen LogP contribution in [0.1, 0.15) is 23.2 Å². The van der Waals surface area contributed by atoms with Gasteiger partial charge in [-0.15, -0.1) is 0 Å². The molecule has 8 rings (SSSR count). The Hall–Kier alpha value is -5.86. The third-order valence-corrected chi connectivity index (χ3v) is 10.4. The van der Waals surface area contributed by atoms with E-state index in [1.165, 1.54) is 64.8 Å². The molecular weight excluding hydrogens is 678 g/mol. The molecule has 0 aliphatic carbocycles. The summed E-state index contributed by atoms with van der Waals surface area (Å²) in [5, 5.41) is 3.25. The Kier molecular flexibility index (Phi) is 7.95. The molecule has 4 saturated heterocycles. The fraction of sp³-hybridized carbons (Fsp3) is 0.263. The molecule has 0 unspecified atom stereocenters. The molecule has 6 atom stereocenters. The summed E-state index contributed by atoms with van der Waals surface area (Å²) >= 11 is 0. The van der Waals surface area contributed by atoms with Crippen molar-refractivity contribution in [3.63, 3.8) is 0 Å². The minimum Gasteiger partial charge on any atom is -0.497 e. The van der Waals surface area contributed by atoms with Crippen molar-refractivity contribution in [2.75, 3.05) is 38.2 Å². The minimum absolute atomic E-state index is 0.0339. The number of benzene rings is 4. The Morgan fingerprint density at radius 3 is 1.23 bits per heavy atom. The molecule has 4 heterocycles. The van der Waals surface area contributed by atoms with E-state index in [9.17, 15) is 28.0 Å². The van der Waals surface area contributed by atoms with Crippen molar-refractivity contribution in [3.05, 3.63) is 108 Å². The van der Waals surface area contributed by atoms with E-state index >= 15 is 0 Å².